The molecule has 2 unspecified atom stereocenters. The first-order valence-corrected chi connectivity index (χ1v) is 9.41. The van der Waals surface area contributed by atoms with E-state index in [0.29, 0.717) is 24.4 Å². The van der Waals surface area contributed by atoms with Gasteiger partial charge in [0.05, 0.1) is 19.1 Å². The number of ether oxygens (including phenoxy) is 1. The number of benzene rings is 2. The molecule has 5 heteroatoms. The van der Waals surface area contributed by atoms with Gasteiger partial charge in [0.1, 0.15) is 5.75 Å². The quantitative estimate of drug-likeness (QED) is 0.882. The van der Waals surface area contributed by atoms with Crippen LogP contribution in [0.4, 0.5) is 0 Å². The van der Waals surface area contributed by atoms with Gasteiger partial charge in [-0.25, -0.2) is 0 Å². The highest BCUT2D eigenvalue weighted by Gasteiger charge is 2.35. The monoisotopic (exact) mass is 366 g/mol. The maximum atomic E-state index is 13.3. The van der Waals surface area contributed by atoms with Crippen LogP contribution in [-0.2, 0) is 4.79 Å². The standard InChI is InChI=1S/C22H26N2O3/c1-3-23-21(25)18-11-14-20(16-7-5-4-6-8-16)24(15-18)22(26)17-9-12-19(27-2)13-10-17/h4-10,12-13,18,20H,3,11,14-15H2,1-2H3,(H,23,25). The zero-order valence-corrected chi connectivity index (χ0v) is 15.9. The summed E-state index contributed by atoms with van der Waals surface area (Å²) in [5.74, 6) is 0.508. The second kappa shape index (κ2) is 8.71. The van der Waals surface area contributed by atoms with Crippen LogP contribution >= 0.6 is 0 Å². The smallest absolute Gasteiger partial charge is 0.254 e. The van der Waals surface area contributed by atoms with E-state index in [1.165, 1.54) is 0 Å². The topological polar surface area (TPSA) is 58.6 Å². The van der Waals surface area contributed by atoms with Crippen molar-refractivity contribution in [1.29, 1.82) is 0 Å². The summed E-state index contributed by atoms with van der Waals surface area (Å²) in [6.07, 6.45) is 1.55. The molecule has 27 heavy (non-hydrogen) atoms. The number of nitrogens with one attached hydrogen (secondary N) is 1. The number of carbonyl (C=O) groups is 2. The molecule has 2 atom stereocenters. The van der Waals surface area contributed by atoms with Crippen molar-refractivity contribution in [1.82, 2.24) is 10.2 Å². The predicted octanol–water partition coefficient (Wildman–Crippen LogP) is 3.42. The molecule has 0 radical (unpaired) electrons. The van der Waals surface area contributed by atoms with Crippen molar-refractivity contribution in [2.24, 2.45) is 5.92 Å². The summed E-state index contributed by atoms with van der Waals surface area (Å²) < 4.78 is 5.18. The molecule has 2 aromatic carbocycles. The number of carbonyl (C=O) groups excluding carboxylic acids is 2. The normalized spacial score (nSPS) is 19.4. The molecule has 0 saturated carbocycles. The average molecular weight is 366 g/mol. The van der Waals surface area contributed by atoms with Crippen LogP contribution < -0.4 is 10.1 Å². The van der Waals surface area contributed by atoms with E-state index in [0.717, 1.165) is 18.4 Å². The molecule has 1 heterocycles. The van der Waals surface area contributed by atoms with Gasteiger partial charge in [-0.3, -0.25) is 9.59 Å². The van der Waals surface area contributed by atoms with E-state index in [-0.39, 0.29) is 23.8 Å². The number of rotatable bonds is 5. The number of nitrogens with zero attached hydrogens (tertiary/aromatic N) is 1. The van der Waals surface area contributed by atoms with Gasteiger partial charge in [-0.15, -0.1) is 0 Å². The van der Waals surface area contributed by atoms with E-state index in [1.807, 2.05) is 42.2 Å². The Bertz CT molecular complexity index is 774. The molecule has 0 aliphatic carbocycles. The van der Waals surface area contributed by atoms with Crippen LogP contribution in [0.2, 0.25) is 0 Å². The van der Waals surface area contributed by atoms with Crippen LogP contribution in [0.25, 0.3) is 0 Å². The van der Waals surface area contributed by atoms with Crippen molar-refractivity contribution in [2.45, 2.75) is 25.8 Å². The Morgan fingerprint density at radius 1 is 1.07 bits per heavy atom. The van der Waals surface area contributed by atoms with Gasteiger partial charge in [0.2, 0.25) is 5.91 Å². The molecule has 0 bridgehead atoms. The molecule has 0 spiro atoms. The van der Waals surface area contributed by atoms with Gasteiger partial charge in [0, 0.05) is 18.7 Å². The van der Waals surface area contributed by atoms with Crippen molar-refractivity contribution in [3.05, 3.63) is 65.7 Å². The second-order valence-corrected chi connectivity index (χ2v) is 6.78. The lowest BCUT2D eigenvalue weighted by Crippen LogP contribution is -2.47. The minimum Gasteiger partial charge on any atom is -0.497 e. The SMILES string of the molecule is CCNC(=O)C1CCC(c2ccccc2)N(C(=O)c2ccc(OC)cc2)C1. The number of amides is 2. The van der Waals surface area contributed by atoms with Crippen molar-refractivity contribution >= 4 is 11.8 Å². The number of piperidine rings is 1. The molecule has 2 aromatic rings. The first-order chi connectivity index (χ1) is 13.1. The molecular formula is C22H26N2O3. The lowest BCUT2D eigenvalue weighted by atomic mass is 9.88. The Labute approximate surface area is 160 Å². The lowest BCUT2D eigenvalue weighted by molar-refractivity contribution is -0.126. The highest BCUT2D eigenvalue weighted by Crippen LogP contribution is 2.34. The van der Waals surface area contributed by atoms with Gasteiger partial charge >= 0.3 is 0 Å². The van der Waals surface area contributed by atoms with Crippen LogP contribution in [0.15, 0.2) is 54.6 Å². The van der Waals surface area contributed by atoms with Crippen LogP contribution in [0, 0.1) is 5.92 Å². The number of methoxy groups -OCH3 is 1. The number of hydrogen-bond acceptors (Lipinski definition) is 3. The van der Waals surface area contributed by atoms with Gasteiger partial charge in [0.25, 0.3) is 5.91 Å². The van der Waals surface area contributed by atoms with Crippen molar-refractivity contribution in [2.75, 3.05) is 20.2 Å². The first-order valence-electron chi connectivity index (χ1n) is 9.41. The summed E-state index contributed by atoms with van der Waals surface area (Å²) in [7, 11) is 1.60. The molecule has 1 aliphatic heterocycles. The lowest BCUT2D eigenvalue weighted by Gasteiger charge is -2.39. The van der Waals surface area contributed by atoms with Gasteiger partial charge in [-0.1, -0.05) is 30.3 Å². The summed E-state index contributed by atoms with van der Waals surface area (Å²) in [5.41, 5.74) is 1.71. The Morgan fingerprint density at radius 2 is 1.78 bits per heavy atom. The molecule has 0 aromatic heterocycles. The maximum Gasteiger partial charge on any atom is 0.254 e. The molecular weight excluding hydrogens is 340 g/mol. The highest BCUT2D eigenvalue weighted by atomic mass is 16.5. The third-order valence-corrected chi connectivity index (χ3v) is 5.09. The summed E-state index contributed by atoms with van der Waals surface area (Å²) in [4.78, 5) is 27.5. The van der Waals surface area contributed by atoms with Crippen LogP contribution in [-0.4, -0.2) is 36.9 Å². The molecule has 1 saturated heterocycles. The van der Waals surface area contributed by atoms with Crippen LogP contribution in [0.3, 0.4) is 0 Å². The minimum absolute atomic E-state index is 0.0218. The highest BCUT2D eigenvalue weighted by molar-refractivity contribution is 5.95. The van der Waals surface area contributed by atoms with Crippen molar-refractivity contribution in [3.63, 3.8) is 0 Å². The fourth-order valence-electron chi connectivity index (χ4n) is 3.65. The van der Waals surface area contributed by atoms with E-state index in [1.54, 1.807) is 31.4 Å². The zero-order chi connectivity index (χ0) is 19.2. The number of hydrogen-bond donors (Lipinski definition) is 1. The predicted molar refractivity (Wildman–Crippen MR) is 105 cm³/mol. The fourth-order valence-corrected chi connectivity index (χ4v) is 3.65. The largest absolute Gasteiger partial charge is 0.497 e. The third-order valence-electron chi connectivity index (χ3n) is 5.09. The molecule has 3 rings (SSSR count). The van der Waals surface area contributed by atoms with E-state index in [9.17, 15) is 9.59 Å². The van der Waals surface area contributed by atoms with E-state index >= 15 is 0 Å². The van der Waals surface area contributed by atoms with E-state index in [4.69, 9.17) is 4.74 Å². The number of likely N-dealkylation sites (tertiary alicyclic amines) is 1. The van der Waals surface area contributed by atoms with Crippen molar-refractivity contribution < 1.29 is 14.3 Å². The van der Waals surface area contributed by atoms with E-state index in [2.05, 4.69) is 5.32 Å². The van der Waals surface area contributed by atoms with Crippen LogP contribution in [0.1, 0.15) is 41.7 Å². The van der Waals surface area contributed by atoms with Gasteiger partial charge < -0.3 is 15.0 Å². The molecule has 5 nitrogen and oxygen atoms in total. The Balaban J connectivity index is 1.87. The molecule has 2 amide bonds. The summed E-state index contributed by atoms with van der Waals surface area (Å²) in [6, 6.07) is 17.1. The fraction of sp³-hybridized carbons (Fsp3) is 0.364. The molecule has 1 N–H and O–H groups in total. The van der Waals surface area contributed by atoms with Gasteiger partial charge in [0.15, 0.2) is 0 Å². The Hall–Kier alpha value is -2.82. The molecule has 1 fully saturated rings. The van der Waals surface area contributed by atoms with Gasteiger partial charge in [-0.05, 0) is 49.6 Å². The maximum absolute atomic E-state index is 13.3. The molecule has 1 aliphatic rings. The third kappa shape index (κ3) is 4.30. The van der Waals surface area contributed by atoms with E-state index < -0.39 is 0 Å². The zero-order valence-electron chi connectivity index (χ0n) is 15.9. The summed E-state index contributed by atoms with van der Waals surface area (Å²) in [6.45, 7) is 2.94. The van der Waals surface area contributed by atoms with Crippen LogP contribution in [0.5, 0.6) is 5.75 Å². The average Bonchev–Trinajstić information content (AvgIpc) is 2.73. The first kappa shape index (κ1) is 19.0. The van der Waals surface area contributed by atoms with Crippen molar-refractivity contribution in [3.8, 4) is 5.75 Å². The summed E-state index contributed by atoms with van der Waals surface area (Å²) in [5, 5.41) is 2.89. The summed E-state index contributed by atoms with van der Waals surface area (Å²) >= 11 is 0. The Morgan fingerprint density at radius 3 is 2.41 bits per heavy atom. The molecule has 142 valence electrons. The Kier molecular flexibility index (Phi) is 6.12. The second-order valence-electron chi connectivity index (χ2n) is 6.78. The van der Waals surface area contributed by atoms with Gasteiger partial charge in [-0.2, -0.15) is 0 Å². The minimum atomic E-state index is -0.174.